The van der Waals surface area contributed by atoms with Gasteiger partial charge in [0.15, 0.2) is 5.82 Å². The first-order valence-electron chi connectivity index (χ1n) is 9.63. The Morgan fingerprint density at radius 1 is 1.30 bits per heavy atom. The highest BCUT2D eigenvalue weighted by molar-refractivity contribution is 5.99. The second-order valence-electron chi connectivity index (χ2n) is 7.14. The van der Waals surface area contributed by atoms with Crippen LogP contribution in [0.4, 0.5) is 24.9 Å². The molecule has 1 fully saturated rings. The van der Waals surface area contributed by atoms with Crippen LogP contribution in [0.1, 0.15) is 48.3 Å². The molecule has 1 aliphatic rings. The van der Waals surface area contributed by atoms with Gasteiger partial charge in [0.05, 0.1) is 11.1 Å². The molecule has 30 heavy (non-hydrogen) atoms. The van der Waals surface area contributed by atoms with Gasteiger partial charge >= 0.3 is 6.18 Å². The van der Waals surface area contributed by atoms with E-state index in [1.807, 2.05) is 13.8 Å². The number of nitrogens with zero attached hydrogens (tertiary/aromatic N) is 5. The van der Waals surface area contributed by atoms with Gasteiger partial charge in [0.1, 0.15) is 0 Å². The summed E-state index contributed by atoms with van der Waals surface area (Å²) in [5.74, 6) is 0.286. The van der Waals surface area contributed by atoms with Crippen LogP contribution in [0.3, 0.4) is 0 Å². The lowest BCUT2D eigenvalue weighted by molar-refractivity contribution is -0.138. The molecular weight excluding hydrogens is 397 g/mol. The number of alkyl halides is 3. The fourth-order valence-corrected chi connectivity index (χ4v) is 3.42. The number of hydrogen-bond acceptors (Lipinski definition) is 6. The Morgan fingerprint density at radius 2 is 2.00 bits per heavy atom. The van der Waals surface area contributed by atoms with E-state index in [-0.39, 0.29) is 23.9 Å². The molecule has 1 aliphatic heterocycles. The Labute approximate surface area is 172 Å². The van der Waals surface area contributed by atoms with Gasteiger partial charge in [-0.1, -0.05) is 0 Å². The minimum atomic E-state index is -4.49. The van der Waals surface area contributed by atoms with Gasteiger partial charge in [-0.15, -0.1) is 0 Å². The van der Waals surface area contributed by atoms with Crippen molar-refractivity contribution in [3.8, 4) is 0 Å². The van der Waals surface area contributed by atoms with E-state index < -0.39 is 11.7 Å². The zero-order chi connectivity index (χ0) is 21.9. The second-order valence-corrected chi connectivity index (χ2v) is 7.14. The van der Waals surface area contributed by atoms with Crippen LogP contribution < -0.4 is 5.32 Å². The van der Waals surface area contributed by atoms with Crippen LogP contribution in [0.5, 0.6) is 0 Å². The number of halogens is 3. The molecule has 10 heteroatoms. The molecule has 0 spiro atoms. The van der Waals surface area contributed by atoms with Crippen LogP contribution in [-0.4, -0.2) is 50.6 Å². The van der Waals surface area contributed by atoms with Crippen LogP contribution in [0.2, 0.25) is 0 Å². The monoisotopic (exact) mass is 420 g/mol. The van der Waals surface area contributed by atoms with Crippen LogP contribution in [0, 0.1) is 6.92 Å². The number of piperidine rings is 1. The van der Waals surface area contributed by atoms with Crippen molar-refractivity contribution in [1.82, 2.24) is 19.9 Å². The van der Waals surface area contributed by atoms with Crippen molar-refractivity contribution >= 4 is 23.9 Å². The maximum absolute atomic E-state index is 13.2. The maximum atomic E-state index is 13.2. The summed E-state index contributed by atoms with van der Waals surface area (Å²) in [7, 11) is 0. The van der Waals surface area contributed by atoms with Crippen LogP contribution in [0.25, 0.3) is 0 Å². The summed E-state index contributed by atoms with van der Waals surface area (Å²) in [4.78, 5) is 31.0. The standard InChI is InChI=1S/C20H23F3N6O/c1-4-24-17-15(8-7-12(2)27-17)18(30)29-9-5-6-16(13(29)3)28-19-25-10-14(11-26-19)20(21,22)23/h4,7-8,10-11,13,16H,5-6,9H2,1-3H3,(H,25,26,28). The Balaban J connectivity index is 1.77. The minimum absolute atomic E-state index is 0.0995. The third-order valence-corrected chi connectivity index (χ3v) is 5.04. The predicted octanol–water partition coefficient (Wildman–Crippen LogP) is 4.03. The summed E-state index contributed by atoms with van der Waals surface area (Å²) in [6.45, 7) is 6.04. The highest BCUT2D eigenvalue weighted by Crippen LogP contribution is 2.29. The van der Waals surface area contributed by atoms with Crippen molar-refractivity contribution in [2.45, 2.75) is 51.9 Å². The van der Waals surface area contributed by atoms with E-state index in [0.29, 0.717) is 17.9 Å². The number of carbonyl (C=O) groups excluding carboxylic acids is 1. The third-order valence-electron chi connectivity index (χ3n) is 5.04. The number of aryl methyl sites for hydroxylation is 1. The molecule has 7 nitrogen and oxygen atoms in total. The number of likely N-dealkylation sites (tertiary alicyclic amines) is 1. The predicted molar refractivity (Wildman–Crippen MR) is 107 cm³/mol. The van der Waals surface area contributed by atoms with Crippen molar-refractivity contribution in [2.75, 3.05) is 11.9 Å². The number of anilines is 1. The smallest absolute Gasteiger partial charge is 0.349 e. The highest BCUT2D eigenvalue weighted by atomic mass is 19.4. The van der Waals surface area contributed by atoms with Gasteiger partial charge in [0, 0.05) is 42.9 Å². The van der Waals surface area contributed by atoms with Gasteiger partial charge in [-0.05, 0) is 45.7 Å². The zero-order valence-corrected chi connectivity index (χ0v) is 16.9. The quantitative estimate of drug-likeness (QED) is 0.756. The molecule has 0 saturated carbocycles. The van der Waals surface area contributed by atoms with Gasteiger partial charge in [-0.2, -0.15) is 13.2 Å². The van der Waals surface area contributed by atoms with E-state index in [0.717, 1.165) is 30.9 Å². The van der Waals surface area contributed by atoms with E-state index in [9.17, 15) is 18.0 Å². The molecule has 1 amide bonds. The number of pyridine rings is 1. The van der Waals surface area contributed by atoms with Crippen molar-refractivity contribution in [1.29, 1.82) is 0 Å². The molecule has 0 bridgehead atoms. The van der Waals surface area contributed by atoms with Gasteiger partial charge in [0.2, 0.25) is 5.95 Å². The summed E-state index contributed by atoms with van der Waals surface area (Å²) in [6, 6.07) is 3.06. The van der Waals surface area contributed by atoms with Crippen LogP contribution >= 0.6 is 0 Å². The van der Waals surface area contributed by atoms with Crippen molar-refractivity contribution in [3.63, 3.8) is 0 Å². The fraction of sp³-hybridized carbons (Fsp3) is 0.450. The average Bonchev–Trinajstić information content (AvgIpc) is 2.69. The number of amides is 1. The lowest BCUT2D eigenvalue weighted by atomic mass is 9.96. The molecule has 3 heterocycles. The Bertz CT molecular complexity index is 929. The fourth-order valence-electron chi connectivity index (χ4n) is 3.42. The molecule has 2 aromatic heterocycles. The number of aromatic nitrogens is 3. The first kappa shape index (κ1) is 21.7. The van der Waals surface area contributed by atoms with Gasteiger partial charge < -0.3 is 10.2 Å². The van der Waals surface area contributed by atoms with E-state index in [1.165, 1.54) is 0 Å². The molecule has 0 aromatic carbocycles. The first-order valence-corrected chi connectivity index (χ1v) is 9.63. The van der Waals surface area contributed by atoms with E-state index in [1.54, 1.807) is 30.2 Å². The second kappa shape index (κ2) is 8.76. The number of nitrogens with one attached hydrogen (secondary N) is 1. The SMILES string of the molecule is CC=Nc1nc(C)ccc1C(=O)N1CCCC(Nc2ncc(C(F)(F)F)cn2)C1C. The molecule has 2 atom stereocenters. The highest BCUT2D eigenvalue weighted by Gasteiger charge is 2.34. The Kier molecular flexibility index (Phi) is 6.33. The van der Waals surface area contributed by atoms with E-state index in [2.05, 4.69) is 25.3 Å². The molecule has 1 saturated heterocycles. The Morgan fingerprint density at radius 3 is 2.63 bits per heavy atom. The Hall–Kier alpha value is -3.04. The summed E-state index contributed by atoms with van der Waals surface area (Å²) in [5.41, 5.74) is 0.271. The lowest BCUT2D eigenvalue weighted by Gasteiger charge is -2.39. The molecule has 0 radical (unpaired) electrons. The van der Waals surface area contributed by atoms with Crippen LogP contribution in [0.15, 0.2) is 29.5 Å². The summed E-state index contributed by atoms with van der Waals surface area (Å²) in [5, 5.41) is 3.07. The van der Waals surface area contributed by atoms with Crippen molar-refractivity contribution < 1.29 is 18.0 Å². The lowest BCUT2D eigenvalue weighted by Crippen LogP contribution is -2.52. The van der Waals surface area contributed by atoms with Gasteiger partial charge in [-0.25, -0.2) is 19.9 Å². The average molecular weight is 420 g/mol. The summed E-state index contributed by atoms with van der Waals surface area (Å²) >= 11 is 0. The normalized spacial score (nSPS) is 19.9. The third kappa shape index (κ3) is 4.74. The number of hydrogen-bond donors (Lipinski definition) is 1. The van der Waals surface area contributed by atoms with Crippen LogP contribution in [-0.2, 0) is 6.18 Å². The minimum Gasteiger partial charge on any atom is -0.349 e. The van der Waals surface area contributed by atoms with Crippen molar-refractivity contribution in [2.24, 2.45) is 4.99 Å². The number of aliphatic imine (C=N–C) groups is 1. The molecule has 2 aromatic rings. The molecule has 1 N–H and O–H groups in total. The molecular formula is C20H23F3N6O. The number of rotatable bonds is 4. The molecule has 3 rings (SSSR count). The van der Waals surface area contributed by atoms with Gasteiger partial charge in [-0.3, -0.25) is 4.79 Å². The molecule has 0 aliphatic carbocycles. The van der Waals surface area contributed by atoms with Gasteiger partial charge in [0.25, 0.3) is 5.91 Å². The largest absolute Gasteiger partial charge is 0.419 e. The molecule has 2 unspecified atom stereocenters. The maximum Gasteiger partial charge on any atom is 0.419 e. The zero-order valence-electron chi connectivity index (χ0n) is 16.9. The topological polar surface area (TPSA) is 83.4 Å². The number of carbonyl (C=O) groups is 1. The van der Waals surface area contributed by atoms with Crippen molar-refractivity contribution in [3.05, 3.63) is 41.3 Å². The summed E-state index contributed by atoms with van der Waals surface area (Å²) < 4.78 is 38.1. The first-order chi connectivity index (χ1) is 14.2. The van der Waals surface area contributed by atoms with E-state index in [4.69, 9.17) is 0 Å². The van der Waals surface area contributed by atoms with E-state index >= 15 is 0 Å². The summed E-state index contributed by atoms with van der Waals surface area (Å²) in [6.07, 6.45) is 0.0735. The molecule has 160 valence electrons.